The first-order chi connectivity index (χ1) is 10.1. The number of ether oxygens (including phenoxy) is 2. The number of aromatic nitrogens is 1. The number of nitrogens with zero attached hydrogens (tertiary/aromatic N) is 2. The summed E-state index contributed by atoms with van der Waals surface area (Å²) in [5.74, 6) is 1.00. The molecule has 21 heavy (non-hydrogen) atoms. The molecule has 0 aliphatic rings. The van der Waals surface area contributed by atoms with Crippen molar-refractivity contribution >= 4 is 12.6 Å². The molecule has 2 N–H and O–H groups in total. The van der Waals surface area contributed by atoms with E-state index in [1.807, 2.05) is 0 Å². The van der Waals surface area contributed by atoms with E-state index in [2.05, 4.69) is 11.1 Å². The zero-order valence-corrected chi connectivity index (χ0v) is 11.4. The van der Waals surface area contributed by atoms with E-state index in [1.54, 1.807) is 18.2 Å². The third-order valence-electron chi connectivity index (χ3n) is 2.84. The lowest BCUT2D eigenvalue weighted by atomic mass is 9.82. The SMILES string of the molecule is COc1ccc(C#N)cc1COc1cncc(B(O)O)c1. The van der Waals surface area contributed by atoms with E-state index in [0.717, 1.165) is 0 Å². The van der Waals surface area contributed by atoms with E-state index in [-0.39, 0.29) is 12.1 Å². The number of pyridine rings is 1. The molecule has 0 atom stereocenters. The van der Waals surface area contributed by atoms with Crippen LogP contribution in [0.25, 0.3) is 0 Å². The predicted molar refractivity (Wildman–Crippen MR) is 76.1 cm³/mol. The van der Waals surface area contributed by atoms with Gasteiger partial charge in [0.2, 0.25) is 0 Å². The summed E-state index contributed by atoms with van der Waals surface area (Å²) < 4.78 is 10.8. The number of rotatable bonds is 5. The molecule has 1 aromatic heterocycles. The van der Waals surface area contributed by atoms with Crippen LogP contribution in [0, 0.1) is 11.3 Å². The molecular weight excluding hydrogens is 271 g/mol. The van der Waals surface area contributed by atoms with Crippen LogP contribution in [0.2, 0.25) is 0 Å². The molecule has 0 fully saturated rings. The van der Waals surface area contributed by atoms with E-state index >= 15 is 0 Å². The summed E-state index contributed by atoms with van der Waals surface area (Å²) in [5, 5.41) is 27.1. The zero-order valence-electron chi connectivity index (χ0n) is 11.4. The second-order valence-electron chi connectivity index (χ2n) is 4.25. The van der Waals surface area contributed by atoms with Gasteiger partial charge in [-0.3, -0.25) is 4.98 Å². The van der Waals surface area contributed by atoms with Gasteiger partial charge in [0.05, 0.1) is 24.9 Å². The van der Waals surface area contributed by atoms with Gasteiger partial charge in [0.15, 0.2) is 0 Å². The van der Waals surface area contributed by atoms with Gasteiger partial charge in [0.25, 0.3) is 0 Å². The molecule has 1 aromatic carbocycles. The highest BCUT2D eigenvalue weighted by molar-refractivity contribution is 6.58. The summed E-state index contributed by atoms with van der Waals surface area (Å²) in [5.41, 5.74) is 1.46. The molecule has 0 saturated heterocycles. The van der Waals surface area contributed by atoms with Gasteiger partial charge >= 0.3 is 7.12 Å². The van der Waals surface area contributed by atoms with Crippen molar-refractivity contribution in [3.63, 3.8) is 0 Å². The fraction of sp³-hybridized carbons (Fsp3) is 0.143. The minimum atomic E-state index is -1.60. The molecule has 7 heteroatoms. The standard InChI is InChI=1S/C14H13BN2O4/c1-20-14-3-2-10(6-16)4-11(14)9-21-13-5-12(15(18)19)7-17-8-13/h2-5,7-8,18-19H,9H2,1H3. The molecule has 1 heterocycles. The second kappa shape index (κ2) is 6.75. The van der Waals surface area contributed by atoms with E-state index in [4.69, 9.17) is 24.8 Å². The Morgan fingerprint density at radius 1 is 1.29 bits per heavy atom. The van der Waals surface area contributed by atoms with Crippen molar-refractivity contribution in [3.05, 3.63) is 47.8 Å². The van der Waals surface area contributed by atoms with Gasteiger partial charge in [-0.1, -0.05) is 0 Å². The van der Waals surface area contributed by atoms with Crippen molar-refractivity contribution in [2.24, 2.45) is 0 Å². The maximum absolute atomic E-state index is 9.09. The molecule has 0 radical (unpaired) electrons. The second-order valence-corrected chi connectivity index (χ2v) is 4.25. The Kier molecular flexibility index (Phi) is 4.77. The Morgan fingerprint density at radius 2 is 2.10 bits per heavy atom. The van der Waals surface area contributed by atoms with Crippen LogP contribution in [0.1, 0.15) is 11.1 Å². The Morgan fingerprint density at radius 3 is 2.76 bits per heavy atom. The van der Waals surface area contributed by atoms with Gasteiger partial charge in [-0.2, -0.15) is 5.26 Å². The first kappa shape index (κ1) is 14.8. The van der Waals surface area contributed by atoms with Crippen LogP contribution in [0.4, 0.5) is 0 Å². The largest absolute Gasteiger partial charge is 0.496 e. The summed E-state index contributed by atoms with van der Waals surface area (Å²) in [6, 6.07) is 8.57. The highest BCUT2D eigenvalue weighted by atomic mass is 16.5. The van der Waals surface area contributed by atoms with E-state index < -0.39 is 7.12 Å². The van der Waals surface area contributed by atoms with Gasteiger partial charge < -0.3 is 19.5 Å². The average molecular weight is 284 g/mol. The topological polar surface area (TPSA) is 95.6 Å². The third kappa shape index (κ3) is 3.72. The van der Waals surface area contributed by atoms with Gasteiger partial charge in [-0.15, -0.1) is 0 Å². The average Bonchev–Trinajstić information content (AvgIpc) is 2.52. The fourth-order valence-corrected chi connectivity index (χ4v) is 1.78. The Hall–Kier alpha value is -2.56. The van der Waals surface area contributed by atoms with Crippen LogP contribution in [-0.2, 0) is 6.61 Å². The molecule has 0 aliphatic heterocycles. The van der Waals surface area contributed by atoms with Gasteiger partial charge in [0.1, 0.15) is 18.1 Å². The van der Waals surface area contributed by atoms with Crippen LogP contribution >= 0.6 is 0 Å². The normalized spacial score (nSPS) is 9.81. The summed E-state index contributed by atoms with van der Waals surface area (Å²) in [4.78, 5) is 3.87. The van der Waals surface area contributed by atoms with Gasteiger partial charge in [-0.05, 0) is 24.3 Å². The minimum Gasteiger partial charge on any atom is -0.496 e. The molecule has 2 aromatic rings. The molecule has 0 saturated carbocycles. The maximum atomic E-state index is 9.09. The van der Waals surface area contributed by atoms with Crippen molar-refractivity contribution in [1.82, 2.24) is 4.98 Å². The third-order valence-corrected chi connectivity index (χ3v) is 2.84. The molecule has 2 rings (SSSR count). The molecule has 0 amide bonds. The Bertz CT molecular complexity index is 670. The first-order valence-electron chi connectivity index (χ1n) is 6.15. The summed E-state index contributed by atoms with van der Waals surface area (Å²) in [6.07, 6.45) is 2.81. The predicted octanol–water partition coefficient (Wildman–Crippen LogP) is 0.221. The quantitative estimate of drug-likeness (QED) is 0.763. The minimum absolute atomic E-state index is 0.172. The summed E-state index contributed by atoms with van der Waals surface area (Å²) in [6.45, 7) is 0.172. The first-order valence-corrected chi connectivity index (χ1v) is 6.15. The number of methoxy groups -OCH3 is 1. The fourth-order valence-electron chi connectivity index (χ4n) is 1.78. The van der Waals surface area contributed by atoms with E-state index in [9.17, 15) is 0 Å². The van der Waals surface area contributed by atoms with E-state index in [0.29, 0.717) is 22.6 Å². The van der Waals surface area contributed by atoms with Crippen molar-refractivity contribution in [2.45, 2.75) is 6.61 Å². The number of hydrogen-bond donors (Lipinski definition) is 2. The highest BCUT2D eigenvalue weighted by Crippen LogP contribution is 2.21. The lowest BCUT2D eigenvalue weighted by Gasteiger charge is -2.11. The van der Waals surface area contributed by atoms with Crippen molar-refractivity contribution in [1.29, 1.82) is 5.26 Å². The molecule has 0 spiro atoms. The maximum Gasteiger partial charge on any atom is 0.490 e. The van der Waals surface area contributed by atoms with Gasteiger partial charge in [0, 0.05) is 17.2 Å². The highest BCUT2D eigenvalue weighted by Gasteiger charge is 2.12. The van der Waals surface area contributed by atoms with Crippen LogP contribution < -0.4 is 14.9 Å². The Labute approximate surface area is 122 Å². The molecule has 6 nitrogen and oxygen atoms in total. The van der Waals surface area contributed by atoms with Crippen LogP contribution in [-0.4, -0.2) is 29.3 Å². The van der Waals surface area contributed by atoms with Crippen molar-refractivity contribution in [3.8, 4) is 17.6 Å². The van der Waals surface area contributed by atoms with Gasteiger partial charge in [-0.25, -0.2) is 0 Å². The van der Waals surface area contributed by atoms with Crippen LogP contribution in [0.3, 0.4) is 0 Å². The smallest absolute Gasteiger partial charge is 0.490 e. The van der Waals surface area contributed by atoms with Crippen LogP contribution in [0.15, 0.2) is 36.7 Å². The molecular formula is C14H13BN2O4. The summed E-state index contributed by atoms with van der Waals surface area (Å²) >= 11 is 0. The van der Waals surface area contributed by atoms with Crippen molar-refractivity contribution < 1.29 is 19.5 Å². The molecule has 0 bridgehead atoms. The monoisotopic (exact) mass is 284 g/mol. The lowest BCUT2D eigenvalue weighted by Crippen LogP contribution is -2.30. The number of nitriles is 1. The summed E-state index contributed by atoms with van der Waals surface area (Å²) in [7, 11) is -0.0627. The number of benzene rings is 1. The Balaban J connectivity index is 2.16. The molecule has 0 aliphatic carbocycles. The van der Waals surface area contributed by atoms with Crippen LogP contribution in [0.5, 0.6) is 11.5 Å². The zero-order chi connectivity index (χ0) is 15.2. The molecule has 0 unspecified atom stereocenters. The van der Waals surface area contributed by atoms with E-state index in [1.165, 1.54) is 25.6 Å². The lowest BCUT2D eigenvalue weighted by molar-refractivity contribution is 0.295. The van der Waals surface area contributed by atoms with Crippen molar-refractivity contribution in [2.75, 3.05) is 7.11 Å². The number of hydrogen-bond acceptors (Lipinski definition) is 6. The molecule has 106 valence electrons.